The Hall–Kier alpha value is -2.73. The van der Waals surface area contributed by atoms with E-state index in [1.54, 1.807) is 31.4 Å². The monoisotopic (exact) mass is 354 g/mol. The molecule has 1 aliphatic heterocycles. The zero-order chi connectivity index (χ0) is 19.0. The van der Waals surface area contributed by atoms with Crippen molar-refractivity contribution in [3.05, 3.63) is 58.4 Å². The van der Waals surface area contributed by atoms with Crippen LogP contribution in [0.2, 0.25) is 0 Å². The van der Waals surface area contributed by atoms with E-state index in [0.29, 0.717) is 23.3 Å². The van der Waals surface area contributed by atoms with Gasteiger partial charge in [0.05, 0.1) is 30.3 Å². The number of fused-ring (bicyclic) bond motifs is 1. The number of carbonyl (C=O) groups is 3. The number of imide groups is 1. The van der Waals surface area contributed by atoms with Gasteiger partial charge in [-0.25, -0.2) is 0 Å². The topological polar surface area (TPSA) is 68.6 Å². The van der Waals surface area contributed by atoms with Gasteiger partial charge in [-0.2, -0.15) is 0 Å². The van der Waals surface area contributed by atoms with Gasteiger partial charge in [0.25, 0.3) is 11.8 Å². The van der Waals surface area contributed by atoms with Crippen molar-refractivity contribution < 1.29 is 19.1 Å². The Kier molecular flexibility index (Phi) is 4.78. The minimum absolute atomic E-state index is 0.0841. The van der Waals surface area contributed by atoms with E-state index in [1.807, 2.05) is 31.4 Å². The van der Waals surface area contributed by atoms with E-state index in [-0.39, 0.29) is 18.4 Å². The summed E-state index contributed by atoms with van der Waals surface area (Å²) in [6.07, 6.45) is 0. The number of hydrogen-bond donors (Lipinski definition) is 0. The van der Waals surface area contributed by atoms with Crippen LogP contribution in [-0.2, 0) is 4.74 Å². The van der Waals surface area contributed by atoms with E-state index in [1.165, 1.54) is 0 Å². The van der Waals surface area contributed by atoms with Crippen molar-refractivity contribution in [3.63, 3.8) is 0 Å². The highest BCUT2D eigenvalue weighted by Crippen LogP contribution is 2.25. The lowest BCUT2D eigenvalue weighted by molar-refractivity contribution is 0.0624. The van der Waals surface area contributed by atoms with E-state index in [9.17, 15) is 14.4 Å². The van der Waals surface area contributed by atoms with Crippen LogP contribution in [0.25, 0.3) is 0 Å². The van der Waals surface area contributed by atoms with Crippen molar-refractivity contribution in [1.82, 2.24) is 9.47 Å². The van der Waals surface area contributed by atoms with Crippen LogP contribution in [-0.4, -0.2) is 47.3 Å². The molecule has 0 unspecified atom stereocenters. The summed E-state index contributed by atoms with van der Waals surface area (Å²) < 4.78 is 7.25. The summed E-state index contributed by atoms with van der Waals surface area (Å²) in [6, 6.07) is 8.53. The molecule has 2 heterocycles. The number of methoxy groups -OCH3 is 1. The molecule has 1 atom stereocenters. The number of benzene rings is 1. The number of Topliss-reactive ketones (excluding diaryl/α,β-unsaturated/α-hetero) is 1. The van der Waals surface area contributed by atoms with Crippen LogP contribution in [0.15, 0.2) is 30.3 Å². The third-order valence-electron chi connectivity index (χ3n) is 4.81. The number of amides is 2. The molecule has 0 fully saturated rings. The van der Waals surface area contributed by atoms with Gasteiger partial charge >= 0.3 is 0 Å². The quantitative estimate of drug-likeness (QED) is 0.591. The molecule has 0 saturated heterocycles. The van der Waals surface area contributed by atoms with Crippen LogP contribution >= 0.6 is 0 Å². The number of nitrogens with zero attached hydrogens (tertiary/aromatic N) is 2. The summed E-state index contributed by atoms with van der Waals surface area (Å²) in [4.78, 5) is 38.8. The lowest BCUT2D eigenvalue weighted by Crippen LogP contribution is -2.35. The van der Waals surface area contributed by atoms with Crippen molar-refractivity contribution in [2.45, 2.75) is 26.8 Å². The summed E-state index contributed by atoms with van der Waals surface area (Å²) in [5.41, 5.74) is 2.99. The molecule has 6 nitrogen and oxygen atoms in total. The molecule has 1 aromatic heterocycles. The smallest absolute Gasteiger partial charge is 0.261 e. The summed E-state index contributed by atoms with van der Waals surface area (Å²) >= 11 is 0. The Morgan fingerprint density at radius 3 is 2.23 bits per heavy atom. The van der Waals surface area contributed by atoms with Crippen LogP contribution < -0.4 is 0 Å². The normalized spacial score (nSPS) is 14.7. The zero-order valence-electron chi connectivity index (χ0n) is 15.4. The van der Waals surface area contributed by atoms with Crippen LogP contribution in [0.5, 0.6) is 0 Å². The predicted molar refractivity (Wildman–Crippen MR) is 96.6 cm³/mol. The van der Waals surface area contributed by atoms with Gasteiger partial charge in [0.15, 0.2) is 5.78 Å². The van der Waals surface area contributed by atoms with Crippen molar-refractivity contribution >= 4 is 17.6 Å². The third kappa shape index (κ3) is 2.86. The summed E-state index contributed by atoms with van der Waals surface area (Å²) in [5.74, 6) is -1.08. The third-order valence-corrected chi connectivity index (χ3v) is 4.81. The Balaban J connectivity index is 1.85. The largest absolute Gasteiger partial charge is 0.383 e. The zero-order valence-corrected chi connectivity index (χ0v) is 15.4. The Labute approximate surface area is 152 Å². The Morgan fingerprint density at radius 1 is 1.12 bits per heavy atom. The predicted octanol–water partition coefficient (Wildman–Crippen LogP) is 2.79. The fourth-order valence-electron chi connectivity index (χ4n) is 3.66. The molecule has 0 saturated carbocycles. The molecule has 2 amide bonds. The fraction of sp³-hybridized carbons (Fsp3) is 0.350. The van der Waals surface area contributed by atoms with Crippen molar-refractivity contribution in [2.75, 3.05) is 20.3 Å². The first-order valence-corrected chi connectivity index (χ1v) is 8.52. The minimum atomic E-state index is -0.416. The van der Waals surface area contributed by atoms with Crippen LogP contribution in [0.4, 0.5) is 0 Å². The van der Waals surface area contributed by atoms with Gasteiger partial charge in [-0.1, -0.05) is 12.1 Å². The van der Waals surface area contributed by atoms with E-state index >= 15 is 0 Å². The Morgan fingerprint density at radius 2 is 1.69 bits per heavy atom. The lowest BCUT2D eigenvalue weighted by Gasteiger charge is -2.18. The molecule has 0 N–H and O–H groups in total. The van der Waals surface area contributed by atoms with Crippen molar-refractivity contribution in [2.24, 2.45) is 0 Å². The van der Waals surface area contributed by atoms with Gasteiger partial charge < -0.3 is 9.30 Å². The number of carbonyl (C=O) groups excluding carboxylic acids is 3. The first-order chi connectivity index (χ1) is 12.4. The highest BCUT2D eigenvalue weighted by molar-refractivity contribution is 6.23. The van der Waals surface area contributed by atoms with E-state index in [0.717, 1.165) is 16.3 Å². The van der Waals surface area contributed by atoms with Gasteiger partial charge in [0.1, 0.15) is 0 Å². The maximum absolute atomic E-state index is 12.8. The first kappa shape index (κ1) is 18.1. The molecule has 26 heavy (non-hydrogen) atoms. The highest BCUT2D eigenvalue weighted by Gasteiger charge is 2.36. The molecule has 0 bridgehead atoms. The second-order valence-electron chi connectivity index (χ2n) is 6.62. The molecule has 0 aliphatic carbocycles. The summed E-state index contributed by atoms with van der Waals surface area (Å²) in [6.45, 7) is 6.09. The maximum Gasteiger partial charge on any atom is 0.261 e. The van der Waals surface area contributed by atoms with Crippen LogP contribution in [0, 0.1) is 13.8 Å². The standard InChI is InChI=1S/C20H22N2O4/c1-12-9-17(14(3)22(12)13(2)11-26-4)18(23)10-21-19(24)15-7-5-6-8-16(15)20(21)25/h5-9,13H,10-11H2,1-4H3/t13-/m0/s1. The second kappa shape index (κ2) is 6.88. The van der Waals surface area contributed by atoms with Gasteiger partial charge in [-0.05, 0) is 39.0 Å². The molecule has 6 heteroatoms. The van der Waals surface area contributed by atoms with E-state index in [4.69, 9.17) is 4.74 Å². The van der Waals surface area contributed by atoms with E-state index in [2.05, 4.69) is 0 Å². The second-order valence-corrected chi connectivity index (χ2v) is 6.62. The minimum Gasteiger partial charge on any atom is -0.383 e. The van der Waals surface area contributed by atoms with Gasteiger partial charge in [0, 0.05) is 24.1 Å². The number of ether oxygens (including phenoxy) is 1. The molecule has 1 aliphatic rings. The molecule has 0 spiro atoms. The maximum atomic E-state index is 12.8. The Bertz CT molecular complexity index is 862. The SMILES string of the molecule is COC[C@H](C)n1c(C)cc(C(=O)CN2C(=O)c3ccccc3C2=O)c1C. The number of rotatable bonds is 6. The highest BCUT2D eigenvalue weighted by atomic mass is 16.5. The molecule has 2 aromatic rings. The van der Waals surface area contributed by atoms with E-state index < -0.39 is 11.8 Å². The van der Waals surface area contributed by atoms with Crippen molar-refractivity contribution in [1.29, 1.82) is 0 Å². The molecule has 0 radical (unpaired) electrons. The molecule has 1 aromatic carbocycles. The summed E-state index contributed by atoms with van der Waals surface area (Å²) in [7, 11) is 1.64. The first-order valence-electron chi connectivity index (χ1n) is 8.52. The van der Waals surface area contributed by atoms with Crippen LogP contribution in [0.3, 0.4) is 0 Å². The average molecular weight is 354 g/mol. The van der Waals surface area contributed by atoms with Crippen LogP contribution in [0.1, 0.15) is 55.4 Å². The van der Waals surface area contributed by atoms with Gasteiger partial charge in [-0.15, -0.1) is 0 Å². The number of aryl methyl sites for hydroxylation is 1. The molecular formula is C20H22N2O4. The number of ketones is 1. The summed E-state index contributed by atoms with van der Waals surface area (Å²) in [5, 5.41) is 0. The number of aromatic nitrogens is 1. The van der Waals surface area contributed by atoms with Crippen molar-refractivity contribution in [3.8, 4) is 0 Å². The number of hydrogen-bond acceptors (Lipinski definition) is 4. The lowest BCUT2D eigenvalue weighted by atomic mass is 10.1. The molecular weight excluding hydrogens is 332 g/mol. The van der Waals surface area contributed by atoms with Gasteiger partial charge in [0.2, 0.25) is 0 Å². The fourth-order valence-corrected chi connectivity index (χ4v) is 3.66. The molecule has 136 valence electrons. The van der Waals surface area contributed by atoms with Gasteiger partial charge in [-0.3, -0.25) is 19.3 Å². The molecule has 3 rings (SSSR count). The average Bonchev–Trinajstić information content (AvgIpc) is 3.04.